The monoisotopic (exact) mass is 142 g/mol. The molecule has 0 N–H and O–H groups in total. The van der Waals surface area contributed by atoms with Gasteiger partial charge in [0, 0.05) is 0 Å². The Morgan fingerprint density at radius 2 is 2.33 bits per heavy atom. The first kappa shape index (κ1) is 8.91. The summed E-state index contributed by atoms with van der Waals surface area (Å²) in [5, 5.41) is 0. The molecule has 0 heterocycles. The second-order valence-corrected chi connectivity index (χ2v) is 3.26. The lowest BCUT2D eigenvalue weighted by molar-refractivity contribution is 0.637. The van der Waals surface area contributed by atoms with Crippen molar-refractivity contribution in [2.75, 3.05) is 11.5 Å². The van der Waals surface area contributed by atoms with Gasteiger partial charge in [-0.3, -0.25) is 0 Å². The fourth-order valence-electron chi connectivity index (χ4n) is 0.437. The number of hydrogen-bond acceptors (Lipinski definition) is 1. The summed E-state index contributed by atoms with van der Waals surface area (Å²) in [4.78, 5) is 0. The first-order valence-corrected chi connectivity index (χ1v) is 4.48. The Morgan fingerprint density at radius 1 is 1.67 bits per heavy atom. The molecular weight excluding hydrogens is 128 g/mol. The average molecular weight is 142 g/mol. The van der Waals surface area contributed by atoms with Gasteiger partial charge in [-0.15, -0.1) is 18.2 Å². The van der Waals surface area contributed by atoms with E-state index in [0.717, 1.165) is 11.7 Å². The molecule has 0 saturated carbocycles. The summed E-state index contributed by atoms with van der Waals surface area (Å²) in [6.07, 6.45) is 6.35. The third-order valence-electron chi connectivity index (χ3n) is 1.28. The Morgan fingerprint density at radius 3 is 2.78 bits per heavy atom. The minimum atomic E-state index is 0.823. The largest absolute Gasteiger partial charge is 0.149 e. The highest BCUT2D eigenvalue weighted by Crippen LogP contribution is 2.09. The van der Waals surface area contributed by atoms with Crippen LogP contribution in [0.15, 0.2) is 0 Å². The molecule has 0 aromatic carbocycles. The van der Waals surface area contributed by atoms with Crippen molar-refractivity contribution in [1.29, 1.82) is 0 Å². The van der Waals surface area contributed by atoms with Gasteiger partial charge in [-0.2, -0.15) is 0 Å². The third-order valence-corrected chi connectivity index (χ3v) is 2.46. The zero-order chi connectivity index (χ0) is 7.11. The molecule has 0 aliphatic carbocycles. The van der Waals surface area contributed by atoms with Gasteiger partial charge in [-0.25, -0.2) is 0 Å². The smallest absolute Gasteiger partial charge is 0.0544 e. The molecule has 0 radical (unpaired) electrons. The van der Waals surface area contributed by atoms with Crippen molar-refractivity contribution in [1.82, 2.24) is 0 Å². The van der Waals surface area contributed by atoms with Crippen molar-refractivity contribution in [3.05, 3.63) is 0 Å². The normalized spacial score (nSPS) is 12.6. The molecule has 9 heavy (non-hydrogen) atoms. The summed E-state index contributed by atoms with van der Waals surface area (Å²) in [7, 11) is 0. The molecule has 0 spiro atoms. The van der Waals surface area contributed by atoms with E-state index in [2.05, 4.69) is 19.8 Å². The molecule has 0 rings (SSSR count). The van der Waals surface area contributed by atoms with Gasteiger partial charge in [-0.1, -0.05) is 26.2 Å². The van der Waals surface area contributed by atoms with E-state index in [1.165, 1.54) is 12.2 Å². The zero-order valence-electron chi connectivity index (χ0n) is 6.18. The highest BCUT2D eigenvalue weighted by molar-refractivity contribution is 7.99. The molecule has 0 aromatic heterocycles. The van der Waals surface area contributed by atoms with E-state index >= 15 is 0 Å². The van der Waals surface area contributed by atoms with Crippen LogP contribution in [-0.2, 0) is 0 Å². The molecule has 0 amide bonds. The lowest BCUT2D eigenvalue weighted by Gasteiger charge is -2.04. The van der Waals surface area contributed by atoms with Crippen molar-refractivity contribution in [3.63, 3.8) is 0 Å². The van der Waals surface area contributed by atoms with Gasteiger partial charge in [0.1, 0.15) is 0 Å². The number of hydrogen-bond donors (Lipinski definition) is 0. The van der Waals surface area contributed by atoms with Crippen molar-refractivity contribution < 1.29 is 0 Å². The van der Waals surface area contributed by atoms with Crippen LogP contribution in [0.1, 0.15) is 20.3 Å². The summed E-state index contributed by atoms with van der Waals surface area (Å²) < 4.78 is 0. The third kappa shape index (κ3) is 5.79. The first-order valence-electron chi connectivity index (χ1n) is 3.32. The van der Waals surface area contributed by atoms with E-state index in [4.69, 9.17) is 6.42 Å². The molecule has 0 saturated heterocycles. The van der Waals surface area contributed by atoms with Crippen molar-refractivity contribution in [2.24, 2.45) is 5.92 Å². The molecule has 0 aliphatic rings. The van der Waals surface area contributed by atoms with Crippen LogP contribution >= 0.6 is 11.8 Å². The highest BCUT2D eigenvalue weighted by Gasteiger charge is 1.95. The van der Waals surface area contributed by atoms with Crippen molar-refractivity contribution in [3.8, 4) is 12.3 Å². The molecule has 0 nitrogen and oxygen atoms in total. The molecule has 0 aliphatic heterocycles. The van der Waals surface area contributed by atoms with Crippen molar-refractivity contribution in [2.45, 2.75) is 20.3 Å². The summed E-state index contributed by atoms with van der Waals surface area (Å²) >= 11 is 1.85. The topological polar surface area (TPSA) is 0 Å². The molecule has 52 valence electrons. The first-order chi connectivity index (χ1) is 4.31. The summed E-state index contributed by atoms with van der Waals surface area (Å²) in [6.45, 7) is 4.46. The van der Waals surface area contributed by atoms with Gasteiger partial charge in [-0.05, 0) is 11.7 Å². The second-order valence-electron chi connectivity index (χ2n) is 2.23. The highest BCUT2D eigenvalue weighted by atomic mass is 32.2. The van der Waals surface area contributed by atoms with E-state index < -0.39 is 0 Å². The Balaban J connectivity index is 2.99. The van der Waals surface area contributed by atoms with Crippen LogP contribution in [0.5, 0.6) is 0 Å². The Kier molecular flexibility index (Phi) is 5.98. The zero-order valence-corrected chi connectivity index (χ0v) is 7.00. The predicted octanol–water partition coefficient (Wildman–Crippen LogP) is 2.40. The molecular formula is C8H14S. The number of rotatable bonds is 4. The maximum Gasteiger partial charge on any atom is 0.0544 e. The minimum absolute atomic E-state index is 0.823. The summed E-state index contributed by atoms with van der Waals surface area (Å²) in [5.41, 5.74) is 0. The maximum absolute atomic E-state index is 5.09. The lowest BCUT2D eigenvalue weighted by atomic mass is 10.2. The van der Waals surface area contributed by atoms with Crippen LogP contribution < -0.4 is 0 Å². The molecule has 0 bridgehead atoms. The second kappa shape index (κ2) is 6.04. The summed E-state index contributed by atoms with van der Waals surface area (Å²) in [6, 6.07) is 0. The Labute approximate surface area is 62.4 Å². The summed E-state index contributed by atoms with van der Waals surface area (Å²) in [5.74, 6) is 5.51. The fraction of sp³-hybridized carbons (Fsp3) is 0.750. The van der Waals surface area contributed by atoms with Crippen LogP contribution in [-0.4, -0.2) is 11.5 Å². The van der Waals surface area contributed by atoms with E-state index in [0.29, 0.717) is 0 Å². The van der Waals surface area contributed by atoms with Crippen LogP contribution in [0.3, 0.4) is 0 Å². The molecule has 1 unspecified atom stereocenters. The van der Waals surface area contributed by atoms with Crippen LogP contribution in [0, 0.1) is 18.3 Å². The molecule has 1 heteroatoms. The van der Waals surface area contributed by atoms with E-state index in [-0.39, 0.29) is 0 Å². The molecule has 0 fully saturated rings. The van der Waals surface area contributed by atoms with Crippen LogP contribution in [0.2, 0.25) is 0 Å². The van der Waals surface area contributed by atoms with Gasteiger partial charge < -0.3 is 0 Å². The standard InChI is InChI=1S/C8H14S/c1-4-6-9-7-8(3)5-2/h1,8H,5-7H2,2-3H3. The predicted molar refractivity (Wildman–Crippen MR) is 45.6 cm³/mol. The Bertz CT molecular complexity index is 91.2. The SMILES string of the molecule is C#CCSCC(C)CC. The quantitative estimate of drug-likeness (QED) is 0.429. The number of terminal acetylenes is 1. The lowest BCUT2D eigenvalue weighted by Crippen LogP contribution is -1.95. The molecule has 1 atom stereocenters. The maximum atomic E-state index is 5.09. The van der Waals surface area contributed by atoms with Gasteiger partial charge >= 0.3 is 0 Å². The van der Waals surface area contributed by atoms with Gasteiger partial charge in [0.25, 0.3) is 0 Å². The number of thioether (sulfide) groups is 1. The Hall–Kier alpha value is -0.0900. The van der Waals surface area contributed by atoms with Crippen LogP contribution in [0.4, 0.5) is 0 Å². The van der Waals surface area contributed by atoms with Crippen LogP contribution in [0.25, 0.3) is 0 Å². The van der Waals surface area contributed by atoms with E-state index in [1.807, 2.05) is 11.8 Å². The van der Waals surface area contributed by atoms with Gasteiger partial charge in [0.2, 0.25) is 0 Å². The van der Waals surface area contributed by atoms with Crippen molar-refractivity contribution >= 4 is 11.8 Å². The van der Waals surface area contributed by atoms with Gasteiger partial charge in [0.15, 0.2) is 0 Å². The van der Waals surface area contributed by atoms with E-state index in [1.54, 1.807) is 0 Å². The van der Waals surface area contributed by atoms with Gasteiger partial charge in [0.05, 0.1) is 5.75 Å². The van der Waals surface area contributed by atoms with E-state index in [9.17, 15) is 0 Å². The fourth-order valence-corrected chi connectivity index (χ4v) is 1.31. The average Bonchev–Trinajstić information content (AvgIpc) is 1.89. The minimum Gasteiger partial charge on any atom is -0.149 e. The molecule has 0 aromatic rings.